The van der Waals surface area contributed by atoms with Crippen molar-refractivity contribution in [3.05, 3.63) is 24.3 Å². The quantitative estimate of drug-likeness (QED) is 0.206. The van der Waals surface area contributed by atoms with Gasteiger partial charge in [-0.1, -0.05) is 13.2 Å². The standard InChI is InChI=1S/C14H18O12S2/c1-7(2)12(16)25-11(26-13(17)8(3)4)6-9(14(18)28(22,23)24)5-10(15)27(19,20)21/h9,11H,1,3,5-6H2,2,4H3,(H,19,20,21)(H,22,23,24). The smallest absolute Gasteiger partial charge is 0.336 e. The molecular formula is C14H18O12S2. The topological polar surface area (TPSA) is 195 Å². The highest BCUT2D eigenvalue weighted by Crippen LogP contribution is 2.21. The minimum absolute atomic E-state index is 0.178. The summed E-state index contributed by atoms with van der Waals surface area (Å²) in [6.07, 6.45) is -4.42. The maximum absolute atomic E-state index is 11.8. The molecule has 0 aliphatic carbocycles. The molecule has 1 atom stereocenters. The Balaban J connectivity index is 5.88. The van der Waals surface area contributed by atoms with Crippen LogP contribution in [0.3, 0.4) is 0 Å². The number of hydrogen-bond donors (Lipinski definition) is 2. The van der Waals surface area contributed by atoms with Gasteiger partial charge in [0.25, 0.3) is 10.2 Å². The summed E-state index contributed by atoms with van der Waals surface area (Å²) in [6.45, 7) is 8.93. The molecule has 0 rings (SSSR count). The molecular weight excluding hydrogens is 424 g/mol. The van der Waals surface area contributed by atoms with Crippen LogP contribution < -0.4 is 0 Å². The molecule has 0 aromatic rings. The van der Waals surface area contributed by atoms with Crippen molar-refractivity contribution in [2.45, 2.75) is 33.0 Å². The molecule has 0 aromatic carbocycles. The summed E-state index contributed by atoms with van der Waals surface area (Å²) in [5, 5.41) is -3.97. The zero-order valence-corrected chi connectivity index (χ0v) is 16.4. The largest absolute Gasteiger partial charge is 0.422 e. The normalized spacial score (nSPS) is 12.8. The molecule has 14 heteroatoms. The minimum atomic E-state index is -5.41. The predicted molar refractivity (Wildman–Crippen MR) is 91.4 cm³/mol. The molecule has 0 aliphatic heterocycles. The Morgan fingerprint density at radius 2 is 1.25 bits per heavy atom. The van der Waals surface area contributed by atoms with Gasteiger partial charge >= 0.3 is 32.2 Å². The molecule has 12 nitrogen and oxygen atoms in total. The summed E-state index contributed by atoms with van der Waals surface area (Å²) in [7, 11) is -10.7. The van der Waals surface area contributed by atoms with Crippen LogP contribution in [0.4, 0.5) is 0 Å². The number of esters is 2. The Kier molecular flexibility index (Phi) is 8.84. The number of ether oxygens (including phenoxy) is 2. The predicted octanol–water partition coefficient (Wildman–Crippen LogP) is -0.224. The third kappa shape index (κ3) is 8.51. The van der Waals surface area contributed by atoms with Crippen molar-refractivity contribution in [3.8, 4) is 0 Å². The molecule has 0 aliphatic rings. The van der Waals surface area contributed by atoms with Gasteiger partial charge in [0.15, 0.2) is 0 Å². The van der Waals surface area contributed by atoms with Crippen LogP contribution in [-0.4, -0.2) is 54.4 Å². The van der Waals surface area contributed by atoms with Crippen LogP contribution in [0.1, 0.15) is 26.7 Å². The fourth-order valence-corrected chi connectivity index (χ4v) is 2.59. The van der Waals surface area contributed by atoms with Crippen LogP contribution in [0, 0.1) is 5.92 Å². The first-order chi connectivity index (χ1) is 12.5. The highest BCUT2D eigenvalue weighted by Gasteiger charge is 2.38. The molecule has 0 fully saturated rings. The maximum Gasteiger partial charge on any atom is 0.336 e. The van der Waals surface area contributed by atoms with Crippen LogP contribution >= 0.6 is 0 Å². The van der Waals surface area contributed by atoms with Gasteiger partial charge in [0, 0.05) is 24.0 Å². The van der Waals surface area contributed by atoms with E-state index in [9.17, 15) is 36.0 Å². The lowest BCUT2D eigenvalue weighted by Crippen LogP contribution is -2.34. The molecule has 28 heavy (non-hydrogen) atoms. The van der Waals surface area contributed by atoms with Crippen molar-refractivity contribution in [3.63, 3.8) is 0 Å². The average molecular weight is 442 g/mol. The zero-order chi connectivity index (χ0) is 22.4. The molecule has 0 saturated carbocycles. The van der Waals surface area contributed by atoms with Crippen LogP contribution in [0.15, 0.2) is 24.3 Å². The summed E-state index contributed by atoms with van der Waals surface area (Å²) in [6, 6.07) is 0. The first-order valence-electron chi connectivity index (χ1n) is 7.21. The van der Waals surface area contributed by atoms with Gasteiger partial charge in [-0.3, -0.25) is 18.7 Å². The van der Waals surface area contributed by atoms with E-state index in [1.54, 1.807) is 0 Å². The Bertz CT molecular complexity index is 882. The minimum Gasteiger partial charge on any atom is -0.422 e. The monoisotopic (exact) mass is 442 g/mol. The third-order valence-electron chi connectivity index (χ3n) is 2.94. The van der Waals surface area contributed by atoms with E-state index in [2.05, 4.69) is 13.2 Å². The van der Waals surface area contributed by atoms with E-state index < -0.39 is 67.5 Å². The van der Waals surface area contributed by atoms with Gasteiger partial charge in [0.05, 0.1) is 5.92 Å². The van der Waals surface area contributed by atoms with Crippen LogP contribution in [0.2, 0.25) is 0 Å². The third-order valence-corrected chi connectivity index (χ3v) is 4.52. The average Bonchev–Trinajstić information content (AvgIpc) is 2.50. The number of carbonyl (C=O) groups excluding carboxylic acids is 4. The fourth-order valence-electron chi connectivity index (χ4n) is 1.57. The lowest BCUT2D eigenvalue weighted by molar-refractivity contribution is -0.185. The van der Waals surface area contributed by atoms with E-state index in [1.165, 1.54) is 13.8 Å². The van der Waals surface area contributed by atoms with Gasteiger partial charge < -0.3 is 9.47 Å². The summed E-state index contributed by atoms with van der Waals surface area (Å²) >= 11 is 0. The van der Waals surface area contributed by atoms with E-state index in [0.29, 0.717) is 0 Å². The molecule has 158 valence electrons. The second kappa shape index (κ2) is 9.68. The Morgan fingerprint density at radius 3 is 1.54 bits per heavy atom. The first-order valence-corrected chi connectivity index (χ1v) is 10.1. The molecule has 2 N–H and O–H groups in total. The molecule has 0 bridgehead atoms. The van der Waals surface area contributed by atoms with Crippen molar-refractivity contribution in [2.75, 3.05) is 0 Å². The van der Waals surface area contributed by atoms with Gasteiger partial charge in [0.2, 0.25) is 6.29 Å². The molecule has 0 heterocycles. The summed E-state index contributed by atoms with van der Waals surface area (Å²) in [4.78, 5) is 46.5. The highest BCUT2D eigenvalue weighted by molar-refractivity contribution is 8.01. The van der Waals surface area contributed by atoms with Crippen LogP contribution in [0.25, 0.3) is 0 Å². The van der Waals surface area contributed by atoms with Gasteiger partial charge in [-0.25, -0.2) is 9.59 Å². The maximum atomic E-state index is 11.8. The lowest BCUT2D eigenvalue weighted by Gasteiger charge is -2.22. The number of carbonyl (C=O) groups is 4. The summed E-state index contributed by atoms with van der Waals surface area (Å²) in [5.74, 6) is -4.40. The van der Waals surface area contributed by atoms with Crippen molar-refractivity contribution in [1.82, 2.24) is 0 Å². The Hall–Kier alpha value is -2.42. The van der Waals surface area contributed by atoms with Gasteiger partial charge in [-0.15, -0.1) is 0 Å². The van der Waals surface area contributed by atoms with Gasteiger partial charge in [-0.05, 0) is 13.8 Å². The van der Waals surface area contributed by atoms with E-state index in [0.717, 1.165) is 0 Å². The zero-order valence-electron chi connectivity index (χ0n) is 14.8. The number of rotatable bonds is 9. The number of hydrogen-bond acceptors (Lipinski definition) is 10. The highest BCUT2D eigenvalue weighted by atomic mass is 32.2. The van der Waals surface area contributed by atoms with Crippen molar-refractivity contribution < 1.29 is 54.6 Å². The van der Waals surface area contributed by atoms with Crippen molar-refractivity contribution >= 4 is 42.4 Å². The molecule has 0 saturated heterocycles. The Labute approximate surface area is 160 Å². The fraction of sp³-hybridized carbons (Fsp3) is 0.429. The van der Waals surface area contributed by atoms with E-state index in [1.807, 2.05) is 0 Å². The molecule has 0 spiro atoms. The van der Waals surface area contributed by atoms with E-state index >= 15 is 0 Å². The summed E-state index contributed by atoms with van der Waals surface area (Å²) < 4.78 is 70.9. The molecule has 1 unspecified atom stereocenters. The first kappa shape index (κ1) is 25.6. The Morgan fingerprint density at radius 1 is 0.857 bits per heavy atom. The van der Waals surface area contributed by atoms with Gasteiger partial charge in [0.1, 0.15) is 0 Å². The van der Waals surface area contributed by atoms with Crippen molar-refractivity contribution in [1.29, 1.82) is 0 Å². The van der Waals surface area contributed by atoms with E-state index in [-0.39, 0.29) is 11.1 Å². The van der Waals surface area contributed by atoms with Crippen LogP contribution in [0.5, 0.6) is 0 Å². The molecule has 0 amide bonds. The second-order valence-corrected chi connectivity index (χ2v) is 8.34. The SMILES string of the molecule is C=C(C)C(=O)OC(CC(CC(=O)S(=O)(=O)O)C(=O)S(=O)(=O)O)OC(=O)C(=C)C. The van der Waals surface area contributed by atoms with Crippen molar-refractivity contribution in [2.24, 2.45) is 5.92 Å². The molecule has 0 radical (unpaired) electrons. The second-order valence-electron chi connectivity index (χ2n) is 5.58. The van der Waals surface area contributed by atoms with Crippen LogP contribution in [-0.2, 0) is 48.9 Å². The summed E-state index contributed by atoms with van der Waals surface area (Å²) in [5.41, 5.74) is -0.355. The van der Waals surface area contributed by atoms with Gasteiger partial charge in [-0.2, -0.15) is 16.8 Å². The van der Waals surface area contributed by atoms with E-state index in [4.69, 9.17) is 18.6 Å². The molecule has 0 aromatic heterocycles. The lowest BCUT2D eigenvalue weighted by atomic mass is 10.0.